The van der Waals surface area contributed by atoms with Crippen molar-refractivity contribution in [3.05, 3.63) is 29.8 Å². The van der Waals surface area contributed by atoms with Crippen molar-refractivity contribution in [2.75, 3.05) is 11.9 Å². The van der Waals surface area contributed by atoms with Gasteiger partial charge in [0, 0.05) is 12.1 Å². The number of carbonyl (C=O) groups excluding carboxylic acids is 1. The zero-order chi connectivity index (χ0) is 14.1. The van der Waals surface area contributed by atoms with Crippen LogP contribution in [0.15, 0.2) is 24.3 Å². The number of hydrogen-bond acceptors (Lipinski definition) is 2. The lowest BCUT2D eigenvalue weighted by Gasteiger charge is -2.14. The van der Waals surface area contributed by atoms with Crippen molar-refractivity contribution in [2.45, 2.75) is 46.0 Å². The largest absolute Gasteiger partial charge is 0.330 e. The molecule has 0 saturated heterocycles. The summed E-state index contributed by atoms with van der Waals surface area (Å²) in [6.45, 7) is 4.92. The van der Waals surface area contributed by atoms with Gasteiger partial charge in [-0.2, -0.15) is 0 Å². The molecule has 0 saturated carbocycles. The number of hydrogen-bond donors (Lipinski definition) is 2. The number of nitrogens with one attached hydrogen (secondary N) is 1. The number of anilines is 1. The van der Waals surface area contributed by atoms with Gasteiger partial charge in [-0.1, -0.05) is 37.5 Å². The third kappa shape index (κ3) is 6.39. The molecule has 3 heteroatoms. The van der Waals surface area contributed by atoms with Crippen molar-refractivity contribution in [1.29, 1.82) is 0 Å². The van der Waals surface area contributed by atoms with Crippen LogP contribution < -0.4 is 11.1 Å². The van der Waals surface area contributed by atoms with Gasteiger partial charge in [0.15, 0.2) is 0 Å². The minimum absolute atomic E-state index is 0.0991. The normalized spacial score (nSPS) is 12.2. The van der Waals surface area contributed by atoms with Gasteiger partial charge in [-0.15, -0.1) is 0 Å². The second-order valence-corrected chi connectivity index (χ2v) is 5.18. The highest BCUT2D eigenvalue weighted by molar-refractivity contribution is 5.90. The van der Waals surface area contributed by atoms with Crippen LogP contribution in [0.1, 0.15) is 44.6 Å². The fraction of sp³-hybridized carbons (Fsp3) is 0.562. The minimum atomic E-state index is 0.0991. The quantitative estimate of drug-likeness (QED) is 0.753. The van der Waals surface area contributed by atoms with E-state index in [1.54, 1.807) is 0 Å². The van der Waals surface area contributed by atoms with E-state index in [0.29, 0.717) is 18.9 Å². The van der Waals surface area contributed by atoms with Crippen molar-refractivity contribution in [1.82, 2.24) is 0 Å². The van der Waals surface area contributed by atoms with Crippen molar-refractivity contribution in [3.8, 4) is 0 Å². The Hall–Kier alpha value is -1.35. The van der Waals surface area contributed by atoms with Crippen LogP contribution >= 0.6 is 0 Å². The molecule has 0 heterocycles. The van der Waals surface area contributed by atoms with Gasteiger partial charge in [0.05, 0.1) is 0 Å². The lowest BCUT2D eigenvalue weighted by atomic mass is 9.94. The predicted molar refractivity (Wildman–Crippen MR) is 81.1 cm³/mol. The van der Waals surface area contributed by atoms with Gasteiger partial charge in [-0.05, 0) is 44.4 Å². The first-order valence-electron chi connectivity index (χ1n) is 7.22. The zero-order valence-electron chi connectivity index (χ0n) is 12.1. The highest BCUT2D eigenvalue weighted by atomic mass is 16.1. The summed E-state index contributed by atoms with van der Waals surface area (Å²) in [5.74, 6) is 0.681. The number of rotatable bonds is 8. The fourth-order valence-corrected chi connectivity index (χ4v) is 2.27. The maximum Gasteiger partial charge on any atom is 0.224 e. The predicted octanol–water partition coefficient (Wildman–Crippen LogP) is 3.48. The third-order valence-electron chi connectivity index (χ3n) is 3.39. The zero-order valence-corrected chi connectivity index (χ0v) is 12.1. The lowest BCUT2D eigenvalue weighted by Crippen LogP contribution is -2.15. The molecule has 0 fully saturated rings. The summed E-state index contributed by atoms with van der Waals surface area (Å²) in [4.78, 5) is 11.9. The van der Waals surface area contributed by atoms with Crippen LogP contribution in [-0.4, -0.2) is 12.5 Å². The van der Waals surface area contributed by atoms with E-state index in [2.05, 4.69) is 12.2 Å². The van der Waals surface area contributed by atoms with Gasteiger partial charge >= 0.3 is 0 Å². The summed E-state index contributed by atoms with van der Waals surface area (Å²) in [5, 5.41) is 2.94. The van der Waals surface area contributed by atoms with Gasteiger partial charge in [-0.3, -0.25) is 4.79 Å². The first-order valence-corrected chi connectivity index (χ1v) is 7.22. The minimum Gasteiger partial charge on any atom is -0.330 e. The molecule has 3 nitrogen and oxygen atoms in total. The summed E-state index contributed by atoms with van der Waals surface area (Å²) in [7, 11) is 0. The van der Waals surface area contributed by atoms with Crippen molar-refractivity contribution < 1.29 is 4.79 Å². The number of nitrogens with two attached hydrogens (primary N) is 1. The highest BCUT2D eigenvalue weighted by Crippen LogP contribution is 2.17. The van der Waals surface area contributed by atoms with E-state index in [9.17, 15) is 4.79 Å². The van der Waals surface area contributed by atoms with E-state index < -0.39 is 0 Å². The van der Waals surface area contributed by atoms with Crippen LogP contribution in [0.2, 0.25) is 0 Å². The summed E-state index contributed by atoms with van der Waals surface area (Å²) in [6, 6.07) is 7.89. The molecule has 0 bridgehead atoms. The van der Waals surface area contributed by atoms with Gasteiger partial charge in [0.2, 0.25) is 5.91 Å². The molecule has 0 radical (unpaired) electrons. The SMILES string of the molecule is CCCC(CCN)CCC(=O)Nc1ccc(C)cc1. The topological polar surface area (TPSA) is 55.1 Å². The monoisotopic (exact) mass is 262 g/mol. The molecule has 1 amide bonds. The van der Waals surface area contributed by atoms with Crippen molar-refractivity contribution in [2.24, 2.45) is 11.7 Å². The Morgan fingerprint density at radius 2 is 1.89 bits per heavy atom. The van der Waals surface area contributed by atoms with Crippen molar-refractivity contribution in [3.63, 3.8) is 0 Å². The van der Waals surface area contributed by atoms with Crippen LogP contribution in [0.4, 0.5) is 5.69 Å². The van der Waals surface area contributed by atoms with Gasteiger partial charge in [0.1, 0.15) is 0 Å². The Balaban J connectivity index is 2.35. The molecule has 106 valence electrons. The number of benzene rings is 1. The average molecular weight is 262 g/mol. The molecule has 19 heavy (non-hydrogen) atoms. The standard InChI is InChI=1S/C16H26N2O/c1-3-4-14(11-12-17)7-10-16(19)18-15-8-5-13(2)6-9-15/h5-6,8-9,14H,3-4,7,10-12,17H2,1-2H3,(H,18,19). The van der Waals surface area contributed by atoms with E-state index in [4.69, 9.17) is 5.73 Å². The molecule has 1 atom stereocenters. The second-order valence-electron chi connectivity index (χ2n) is 5.18. The molecule has 0 spiro atoms. The third-order valence-corrected chi connectivity index (χ3v) is 3.39. The molecule has 3 N–H and O–H groups in total. The Bertz CT molecular complexity index is 367. The van der Waals surface area contributed by atoms with Gasteiger partial charge in [0.25, 0.3) is 0 Å². The number of aryl methyl sites for hydroxylation is 1. The van der Waals surface area contributed by atoms with E-state index in [-0.39, 0.29) is 5.91 Å². The molecule has 1 aromatic carbocycles. The molecule has 0 aliphatic heterocycles. The van der Waals surface area contributed by atoms with Gasteiger partial charge in [-0.25, -0.2) is 0 Å². The van der Waals surface area contributed by atoms with Crippen LogP contribution in [0, 0.1) is 12.8 Å². The Kier molecular flexibility index (Phi) is 7.19. The summed E-state index contributed by atoms with van der Waals surface area (Å²) in [6.07, 6.45) is 4.85. The Morgan fingerprint density at radius 1 is 1.21 bits per heavy atom. The van der Waals surface area contributed by atoms with E-state index >= 15 is 0 Å². The van der Waals surface area contributed by atoms with Crippen LogP contribution in [-0.2, 0) is 4.79 Å². The summed E-state index contributed by atoms with van der Waals surface area (Å²) >= 11 is 0. The smallest absolute Gasteiger partial charge is 0.224 e. The maximum absolute atomic E-state index is 11.9. The van der Waals surface area contributed by atoms with Gasteiger partial charge < -0.3 is 11.1 Å². The highest BCUT2D eigenvalue weighted by Gasteiger charge is 2.10. The molecular weight excluding hydrogens is 236 g/mol. The Morgan fingerprint density at radius 3 is 2.47 bits per heavy atom. The van der Waals surface area contributed by atoms with Crippen LogP contribution in [0.25, 0.3) is 0 Å². The summed E-state index contributed by atoms with van der Waals surface area (Å²) in [5.41, 5.74) is 7.68. The molecule has 0 aliphatic rings. The van der Waals surface area contributed by atoms with Crippen molar-refractivity contribution >= 4 is 11.6 Å². The fourth-order valence-electron chi connectivity index (χ4n) is 2.27. The average Bonchev–Trinajstić information content (AvgIpc) is 2.39. The van der Waals surface area contributed by atoms with E-state index in [1.807, 2.05) is 31.2 Å². The first-order chi connectivity index (χ1) is 9.15. The summed E-state index contributed by atoms with van der Waals surface area (Å²) < 4.78 is 0. The molecule has 0 aromatic heterocycles. The van der Waals surface area contributed by atoms with Crippen LogP contribution in [0.5, 0.6) is 0 Å². The number of carbonyl (C=O) groups is 1. The molecule has 1 aromatic rings. The maximum atomic E-state index is 11.9. The van der Waals surface area contributed by atoms with E-state index in [0.717, 1.165) is 31.4 Å². The molecular formula is C16H26N2O. The van der Waals surface area contributed by atoms with Crippen LogP contribution in [0.3, 0.4) is 0 Å². The first kappa shape index (κ1) is 15.7. The van der Waals surface area contributed by atoms with E-state index in [1.165, 1.54) is 5.56 Å². The number of amides is 1. The molecule has 0 aliphatic carbocycles. The lowest BCUT2D eigenvalue weighted by molar-refractivity contribution is -0.116. The molecule has 1 unspecified atom stereocenters. The second kappa shape index (κ2) is 8.70. The molecule has 1 rings (SSSR count). The Labute approximate surface area is 116 Å².